The van der Waals surface area contributed by atoms with Crippen LogP contribution in [-0.4, -0.2) is 0 Å². The standard InChI is InChI=1S/C11H9N/c1-3-11(2,9-12)10-7-5-4-6-8-10/h1,4-8H,2H3. The molecule has 1 rings (SSSR count). The van der Waals surface area contributed by atoms with Crippen molar-refractivity contribution in [1.82, 2.24) is 0 Å². The zero-order valence-corrected chi connectivity index (χ0v) is 6.91. The second-order valence-corrected chi connectivity index (χ2v) is 2.75. The van der Waals surface area contributed by atoms with Gasteiger partial charge in [-0.2, -0.15) is 5.26 Å². The minimum absolute atomic E-state index is 0.790. The molecule has 0 heterocycles. The predicted molar refractivity (Wildman–Crippen MR) is 48.2 cm³/mol. The summed E-state index contributed by atoms with van der Waals surface area (Å²) in [4.78, 5) is 0. The molecule has 0 aliphatic rings. The van der Waals surface area contributed by atoms with E-state index in [1.54, 1.807) is 6.92 Å². The summed E-state index contributed by atoms with van der Waals surface area (Å²) in [7, 11) is 0. The van der Waals surface area contributed by atoms with Gasteiger partial charge in [-0.05, 0) is 12.5 Å². The highest BCUT2D eigenvalue weighted by atomic mass is 14.3. The van der Waals surface area contributed by atoms with Crippen LogP contribution in [0.2, 0.25) is 0 Å². The molecule has 1 unspecified atom stereocenters. The molecular weight excluding hydrogens is 146 g/mol. The lowest BCUT2D eigenvalue weighted by Gasteiger charge is -2.13. The van der Waals surface area contributed by atoms with E-state index in [0.29, 0.717) is 0 Å². The normalized spacial score (nSPS) is 13.9. The first-order chi connectivity index (χ1) is 5.73. The van der Waals surface area contributed by atoms with Gasteiger partial charge in [0.25, 0.3) is 0 Å². The first kappa shape index (κ1) is 8.37. The molecule has 0 fully saturated rings. The van der Waals surface area contributed by atoms with Crippen molar-refractivity contribution in [3.63, 3.8) is 0 Å². The van der Waals surface area contributed by atoms with Crippen LogP contribution in [0.25, 0.3) is 0 Å². The molecule has 0 aliphatic carbocycles. The van der Waals surface area contributed by atoms with E-state index in [9.17, 15) is 0 Å². The van der Waals surface area contributed by atoms with E-state index >= 15 is 0 Å². The fraction of sp³-hybridized carbons (Fsp3) is 0.182. The highest BCUT2D eigenvalue weighted by Crippen LogP contribution is 2.20. The van der Waals surface area contributed by atoms with Gasteiger partial charge in [-0.15, -0.1) is 6.42 Å². The first-order valence-electron chi connectivity index (χ1n) is 3.67. The van der Waals surface area contributed by atoms with Gasteiger partial charge in [0.2, 0.25) is 0 Å². The number of benzene rings is 1. The van der Waals surface area contributed by atoms with Gasteiger partial charge in [0.15, 0.2) is 0 Å². The molecule has 0 spiro atoms. The molecule has 0 radical (unpaired) electrons. The maximum absolute atomic E-state index is 8.85. The molecule has 0 bridgehead atoms. The summed E-state index contributed by atoms with van der Waals surface area (Å²) in [6, 6.07) is 11.5. The van der Waals surface area contributed by atoms with Gasteiger partial charge in [-0.25, -0.2) is 0 Å². The quantitative estimate of drug-likeness (QED) is 0.570. The molecule has 0 aliphatic heterocycles. The van der Waals surface area contributed by atoms with Crippen LogP contribution in [-0.2, 0) is 5.41 Å². The molecule has 1 aromatic carbocycles. The van der Waals surface area contributed by atoms with Crippen LogP contribution in [0, 0.1) is 23.7 Å². The average Bonchev–Trinajstić information content (AvgIpc) is 2.18. The monoisotopic (exact) mass is 155 g/mol. The van der Waals surface area contributed by atoms with Gasteiger partial charge >= 0.3 is 0 Å². The van der Waals surface area contributed by atoms with Crippen LogP contribution < -0.4 is 0 Å². The Balaban J connectivity index is 3.17. The number of terminal acetylenes is 1. The molecule has 1 atom stereocenters. The van der Waals surface area contributed by atoms with Crippen molar-refractivity contribution in [1.29, 1.82) is 5.26 Å². The Kier molecular flexibility index (Phi) is 2.17. The van der Waals surface area contributed by atoms with Crippen LogP contribution in [0.3, 0.4) is 0 Å². The zero-order chi connectivity index (χ0) is 9.03. The van der Waals surface area contributed by atoms with Crippen LogP contribution in [0.15, 0.2) is 30.3 Å². The van der Waals surface area contributed by atoms with Crippen LogP contribution in [0.1, 0.15) is 12.5 Å². The molecule has 1 nitrogen and oxygen atoms in total. The van der Waals surface area contributed by atoms with E-state index in [1.807, 2.05) is 30.3 Å². The lowest BCUT2D eigenvalue weighted by atomic mass is 9.85. The smallest absolute Gasteiger partial charge is 0.139 e. The Labute approximate surface area is 72.6 Å². The molecule has 0 saturated carbocycles. The minimum Gasteiger partial charge on any atom is -0.196 e. The van der Waals surface area contributed by atoms with Crippen molar-refractivity contribution < 1.29 is 0 Å². The first-order valence-corrected chi connectivity index (χ1v) is 3.67. The van der Waals surface area contributed by atoms with E-state index in [1.165, 1.54) is 0 Å². The summed E-state index contributed by atoms with van der Waals surface area (Å²) in [6.07, 6.45) is 5.28. The van der Waals surface area contributed by atoms with Crippen molar-refractivity contribution >= 4 is 0 Å². The van der Waals surface area contributed by atoms with Gasteiger partial charge in [-0.3, -0.25) is 0 Å². The molecule has 1 aromatic rings. The van der Waals surface area contributed by atoms with Gasteiger partial charge in [0.05, 0.1) is 6.07 Å². The number of rotatable bonds is 1. The number of nitrogens with zero attached hydrogens (tertiary/aromatic N) is 1. The Hall–Kier alpha value is -1.73. The van der Waals surface area contributed by atoms with Crippen molar-refractivity contribution in [3.05, 3.63) is 35.9 Å². The third-order valence-corrected chi connectivity index (χ3v) is 1.86. The minimum atomic E-state index is -0.790. The third-order valence-electron chi connectivity index (χ3n) is 1.86. The van der Waals surface area contributed by atoms with Crippen LogP contribution >= 0.6 is 0 Å². The Bertz CT molecular complexity index is 324. The lowest BCUT2D eigenvalue weighted by molar-refractivity contribution is 0.808. The van der Waals surface area contributed by atoms with Gasteiger partial charge in [0.1, 0.15) is 5.41 Å². The molecule has 0 aromatic heterocycles. The molecule has 12 heavy (non-hydrogen) atoms. The highest BCUT2D eigenvalue weighted by Gasteiger charge is 2.22. The van der Waals surface area contributed by atoms with E-state index in [2.05, 4.69) is 12.0 Å². The molecule has 1 heteroatoms. The second kappa shape index (κ2) is 3.11. The number of nitriles is 1. The zero-order valence-electron chi connectivity index (χ0n) is 6.91. The largest absolute Gasteiger partial charge is 0.196 e. The summed E-state index contributed by atoms with van der Waals surface area (Å²) in [5.74, 6) is 2.48. The molecular formula is C11H9N. The van der Waals surface area contributed by atoms with E-state index < -0.39 is 5.41 Å². The maximum atomic E-state index is 8.85. The summed E-state index contributed by atoms with van der Waals surface area (Å²) in [6.45, 7) is 1.74. The van der Waals surface area contributed by atoms with Crippen molar-refractivity contribution in [2.45, 2.75) is 12.3 Å². The van der Waals surface area contributed by atoms with E-state index in [4.69, 9.17) is 11.7 Å². The second-order valence-electron chi connectivity index (χ2n) is 2.75. The fourth-order valence-electron chi connectivity index (χ4n) is 0.952. The van der Waals surface area contributed by atoms with Crippen LogP contribution in [0.4, 0.5) is 0 Å². The molecule has 58 valence electrons. The SMILES string of the molecule is C#CC(C)(C#N)c1ccccc1. The summed E-state index contributed by atoms with van der Waals surface area (Å²) >= 11 is 0. The Morgan fingerprint density at radius 3 is 2.33 bits per heavy atom. The van der Waals surface area contributed by atoms with E-state index in [-0.39, 0.29) is 0 Å². The highest BCUT2D eigenvalue weighted by molar-refractivity contribution is 5.40. The van der Waals surface area contributed by atoms with Crippen molar-refractivity contribution in [2.75, 3.05) is 0 Å². The Morgan fingerprint density at radius 1 is 1.33 bits per heavy atom. The van der Waals surface area contributed by atoms with Gasteiger partial charge in [0, 0.05) is 0 Å². The van der Waals surface area contributed by atoms with Gasteiger partial charge < -0.3 is 0 Å². The van der Waals surface area contributed by atoms with Crippen molar-refractivity contribution in [2.24, 2.45) is 0 Å². The average molecular weight is 155 g/mol. The van der Waals surface area contributed by atoms with Gasteiger partial charge in [-0.1, -0.05) is 36.3 Å². The van der Waals surface area contributed by atoms with Crippen molar-refractivity contribution in [3.8, 4) is 18.4 Å². The number of hydrogen-bond acceptors (Lipinski definition) is 1. The maximum Gasteiger partial charge on any atom is 0.139 e. The molecule has 0 N–H and O–H groups in total. The van der Waals surface area contributed by atoms with E-state index in [0.717, 1.165) is 5.56 Å². The third kappa shape index (κ3) is 1.31. The summed E-state index contributed by atoms with van der Waals surface area (Å²) in [5, 5.41) is 8.85. The summed E-state index contributed by atoms with van der Waals surface area (Å²) in [5.41, 5.74) is 0.0800. The lowest BCUT2D eigenvalue weighted by Crippen LogP contribution is -2.15. The summed E-state index contributed by atoms with van der Waals surface area (Å²) < 4.78 is 0. The Morgan fingerprint density at radius 2 is 1.92 bits per heavy atom. The predicted octanol–water partition coefficient (Wildman–Crippen LogP) is 2.10. The molecule has 0 amide bonds. The topological polar surface area (TPSA) is 23.8 Å². The fourth-order valence-corrected chi connectivity index (χ4v) is 0.952. The molecule has 0 saturated heterocycles. The number of hydrogen-bond donors (Lipinski definition) is 0. The van der Waals surface area contributed by atoms with Crippen LogP contribution in [0.5, 0.6) is 0 Å².